The summed E-state index contributed by atoms with van der Waals surface area (Å²) in [5.41, 5.74) is 8.00. The summed E-state index contributed by atoms with van der Waals surface area (Å²) in [5.74, 6) is -0.331. The molecule has 1 aromatic heterocycles. The van der Waals surface area contributed by atoms with Crippen molar-refractivity contribution >= 4 is 11.7 Å². The van der Waals surface area contributed by atoms with Gasteiger partial charge in [-0.25, -0.2) is 4.63 Å². The van der Waals surface area contributed by atoms with Gasteiger partial charge in [-0.3, -0.25) is 4.79 Å². The van der Waals surface area contributed by atoms with Crippen LogP contribution in [0, 0.1) is 0 Å². The van der Waals surface area contributed by atoms with Gasteiger partial charge in [0.2, 0.25) is 11.5 Å². The third-order valence-electron chi connectivity index (χ3n) is 3.40. The zero-order valence-corrected chi connectivity index (χ0v) is 10.3. The number of hydrogen-bond acceptors (Lipinski definition) is 5. The smallest absolute Gasteiger partial charge is 0.277 e. The minimum atomic E-state index is -0.347. The van der Waals surface area contributed by atoms with Crippen molar-refractivity contribution in [2.75, 3.05) is 5.73 Å². The number of amides is 1. The fourth-order valence-electron chi connectivity index (χ4n) is 2.48. The fourth-order valence-corrected chi connectivity index (χ4v) is 2.48. The van der Waals surface area contributed by atoms with E-state index >= 15 is 0 Å². The maximum Gasteiger partial charge on any atom is 0.277 e. The van der Waals surface area contributed by atoms with E-state index < -0.39 is 0 Å². The number of fused-ring (bicyclic) bond motifs is 1. The number of nitrogens with two attached hydrogens (primary N) is 1. The topological polar surface area (TPSA) is 94.0 Å². The molecule has 1 aliphatic rings. The first-order chi connectivity index (χ1) is 9.25. The number of benzene rings is 1. The van der Waals surface area contributed by atoms with Gasteiger partial charge in [-0.2, -0.15) is 0 Å². The average molecular weight is 258 g/mol. The van der Waals surface area contributed by atoms with E-state index in [1.165, 1.54) is 5.56 Å². The summed E-state index contributed by atoms with van der Waals surface area (Å²) in [4.78, 5) is 12.1. The van der Waals surface area contributed by atoms with Crippen molar-refractivity contribution in [2.24, 2.45) is 0 Å². The number of nitrogens with one attached hydrogen (secondary N) is 1. The van der Waals surface area contributed by atoms with E-state index in [0.717, 1.165) is 24.8 Å². The molecule has 0 bridgehead atoms. The molecule has 6 heteroatoms. The van der Waals surface area contributed by atoms with Crippen LogP contribution in [0.25, 0.3) is 0 Å². The maximum absolute atomic E-state index is 12.1. The van der Waals surface area contributed by atoms with Crippen LogP contribution >= 0.6 is 0 Å². The minimum absolute atomic E-state index is 0.00597. The van der Waals surface area contributed by atoms with Gasteiger partial charge in [0.25, 0.3) is 5.91 Å². The molecule has 1 amide bonds. The zero-order chi connectivity index (χ0) is 13.2. The Labute approximate surface area is 109 Å². The lowest BCUT2D eigenvalue weighted by atomic mass is 9.88. The Morgan fingerprint density at radius 3 is 3.00 bits per heavy atom. The number of anilines is 1. The van der Waals surface area contributed by atoms with Gasteiger partial charge in [-0.1, -0.05) is 24.3 Å². The van der Waals surface area contributed by atoms with Crippen molar-refractivity contribution in [1.29, 1.82) is 0 Å². The van der Waals surface area contributed by atoms with E-state index in [9.17, 15) is 4.79 Å². The molecule has 2 aromatic rings. The Morgan fingerprint density at radius 1 is 1.37 bits per heavy atom. The largest absolute Gasteiger partial charge is 0.379 e. The molecule has 19 heavy (non-hydrogen) atoms. The molecule has 98 valence electrons. The van der Waals surface area contributed by atoms with Crippen molar-refractivity contribution in [3.8, 4) is 0 Å². The summed E-state index contributed by atoms with van der Waals surface area (Å²) < 4.78 is 4.44. The average Bonchev–Trinajstić information content (AvgIpc) is 2.85. The molecule has 3 N–H and O–H groups in total. The van der Waals surface area contributed by atoms with E-state index in [2.05, 4.69) is 26.3 Å². The summed E-state index contributed by atoms with van der Waals surface area (Å²) in [6, 6.07) is 8.13. The Hall–Kier alpha value is -2.37. The van der Waals surface area contributed by atoms with E-state index in [1.807, 2.05) is 18.2 Å². The second kappa shape index (κ2) is 4.72. The van der Waals surface area contributed by atoms with Crippen LogP contribution < -0.4 is 11.1 Å². The molecule has 0 radical (unpaired) electrons. The Balaban J connectivity index is 1.82. The van der Waals surface area contributed by atoms with Crippen molar-refractivity contribution in [2.45, 2.75) is 25.3 Å². The monoisotopic (exact) mass is 258 g/mol. The number of nitrogens with zero attached hydrogens (tertiary/aromatic N) is 2. The molecule has 1 unspecified atom stereocenters. The number of hydrogen-bond donors (Lipinski definition) is 2. The van der Waals surface area contributed by atoms with Gasteiger partial charge in [0.1, 0.15) is 0 Å². The quantitative estimate of drug-likeness (QED) is 0.850. The molecule has 0 saturated heterocycles. The molecule has 1 aliphatic carbocycles. The van der Waals surface area contributed by atoms with Gasteiger partial charge in [-0.15, -0.1) is 0 Å². The lowest BCUT2D eigenvalue weighted by molar-refractivity contribution is 0.0923. The van der Waals surface area contributed by atoms with Crippen molar-refractivity contribution in [3.05, 3.63) is 41.1 Å². The second-order valence-corrected chi connectivity index (χ2v) is 4.62. The molecule has 1 atom stereocenters. The number of aromatic nitrogens is 2. The van der Waals surface area contributed by atoms with E-state index in [0.29, 0.717) is 0 Å². The van der Waals surface area contributed by atoms with Gasteiger partial charge in [0.05, 0.1) is 6.04 Å². The highest BCUT2D eigenvalue weighted by atomic mass is 16.6. The molecular weight excluding hydrogens is 244 g/mol. The Bertz CT molecular complexity index is 608. The lowest BCUT2D eigenvalue weighted by Crippen LogP contribution is -2.31. The molecule has 0 saturated carbocycles. The first-order valence-electron chi connectivity index (χ1n) is 6.22. The van der Waals surface area contributed by atoms with Crippen molar-refractivity contribution in [3.63, 3.8) is 0 Å². The molecule has 0 aliphatic heterocycles. The fraction of sp³-hybridized carbons (Fsp3) is 0.308. The van der Waals surface area contributed by atoms with Crippen molar-refractivity contribution in [1.82, 2.24) is 15.6 Å². The number of carbonyl (C=O) groups excluding carboxylic acids is 1. The van der Waals surface area contributed by atoms with Crippen LogP contribution in [-0.4, -0.2) is 16.2 Å². The van der Waals surface area contributed by atoms with Gasteiger partial charge in [-0.05, 0) is 40.7 Å². The van der Waals surface area contributed by atoms with Crippen LogP contribution in [0.2, 0.25) is 0 Å². The molecule has 3 rings (SSSR count). The zero-order valence-electron chi connectivity index (χ0n) is 10.3. The Kier molecular flexibility index (Phi) is 2.91. The number of aryl methyl sites for hydroxylation is 1. The number of carbonyl (C=O) groups is 1. The Morgan fingerprint density at radius 2 is 2.21 bits per heavy atom. The minimum Gasteiger partial charge on any atom is -0.379 e. The molecule has 0 fully saturated rings. The van der Waals surface area contributed by atoms with E-state index in [4.69, 9.17) is 5.73 Å². The van der Waals surface area contributed by atoms with E-state index in [1.54, 1.807) is 0 Å². The number of nitrogen functional groups attached to an aromatic ring is 1. The van der Waals surface area contributed by atoms with Crippen LogP contribution in [0.4, 0.5) is 5.82 Å². The third kappa shape index (κ3) is 2.16. The summed E-state index contributed by atoms with van der Waals surface area (Å²) in [7, 11) is 0. The second-order valence-electron chi connectivity index (χ2n) is 4.62. The van der Waals surface area contributed by atoms with Crippen LogP contribution in [0.5, 0.6) is 0 Å². The van der Waals surface area contributed by atoms with E-state index in [-0.39, 0.29) is 23.5 Å². The standard InChI is InChI=1S/C13H14N4O2/c14-12-11(16-19-17-12)13(18)15-10-7-3-5-8-4-1-2-6-9(8)10/h1-2,4,6,10H,3,5,7H2,(H2,14,17)(H,15,18). The van der Waals surface area contributed by atoms with Crippen LogP contribution in [0.1, 0.15) is 40.5 Å². The molecule has 0 spiro atoms. The predicted octanol–water partition coefficient (Wildman–Crippen LogP) is 1.46. The van der Waals surface area contributed by atoms with Crippen LogP contribution in [0.15, 0.2) is 28.9 Å². The molecule has 6 nitrogen and oxygen atoms in total. The molecule has 1 aromatic carbocycles. The summed E-state index contributed by atoms with van der Waals surface area (Å²) in [6.07, 6.45) is 3.01. The van der Waals surface area contributed by atoms with Crippen LogP contribution in [0.3, 0.4) is 0 Å². The van der Waals surface area contributed by atoms with Gasteiger partial charge >= 0.3 is 0 Å². The highest BCUT2D eigenvalue weighted by Gasteiger charge is 2.24. The van der Waals surface area contributed by atoms with Gasteiger partial charge in [0.15, 0.2) is 0 Å². The lowest BCUT2D eigenvalue weighted by Gasteiger charge is -2.25. The summed E-state index contributed by atoms with van der Waals surface area (Å²) in [5, 5.41) is 9.86. The summed E-state index contributed by atoms with van der Waals surface area (Å²) >= 11 is 0. The first kappa shape index (κ1) is 11.7. The van der Waals surface area contributed by atoms with Gasteiger partial charge < -0.3 is 11.1 Å². The molecular formula is C13H14N4O2. The predicted molar refractivity (Wildman–Crippen MR) is 68.3 cm³/mol. The SMILES string of the molecule is Nc1nonc1C(=O)NC1CCCc2ccccc21. The van der Waals surface area contributed by atoms with Crippen LogP contribution in [-0.2, 0) is 6.42 Å². The maximum atomic E-state index is 12.1. The third-order valence-corrected chi connectivity index (χ3v) is 3.40. The highest BCUT2D eigenvalue weighted by molar-refractivity contribution is 5.96. The molecule has 1 heterocycles. The summed E-state index contributed by atoms with van der Waals surface area (Å²) in [6.45, 7) is 0. The van der Waals surface area contributed by atoms with Gasteiger partial charge in [0, 0.05) is 0 Å². The number of rotatable bonds is 2. The highest BCUT2D eigenvalue weighted by Crippen LogP contribution is 2.29. The van der Waals surface area contributed by atoms with Crippen molar-refractivity contribution < 1.29 is 9.42 Å². The normalized spacial score (nSPS) is 17.8. The first-order valence-corrected chi connectivity index (χ1v) is 6.22.